The smallest absolute Gasteiger partial charge is 0.281 e. The zero-order valence-electron chi connectivity index (χ0n) is 14.3. The number of allylic oxidation sites excluding steroid dienone is 3. The number of halogens is 2. The Morgan fingerprint density at radius 1 is 1.04 bits per heavy atom. The topological polar surface area (TPSA) is 9.23 Å². The van der Waals surface area contributed by atoms with Gasteiger partial charge in [0.05, 0.1) is 5.60 Å². The van der Waals surface area contributed by atoms with Crippen LogP contribution >= 0.6 is 0 Å². The molecule has 0 heterocycles. The summed E-state index contributed by atoms with van der Waals surface area (Å²) in [5.74, 6) is -2.95. The molecule has 1 fully saturated rings. The Hall–Kier alpha value is -0.960. The molecule has 0 radical (unpaired) electrons. The lowest BCUT2D eigenvalue weighted by molar-refractivity contribution is -0.191. The van der Waals surface area contributed by atoms with Crippen LogP contribution in [0.2, 0.25) is 0 Å². The number of hydrogen-bond donors (Lipinski definition) is 0. The van der Waals surface area contributed by atoms with Crippen molar-refractivity contribution < 1.29 is 13.5 Å². The van der Waals surface area contributed by atoms with Crippen molar-refractivity contribution in [1.82, 2.24) is 0 Å². The molecule has 130 valence electrons. The molecule has 2 aliphatic carbocycles. The molecule has 0 N–H and O–H groups in total. The van der Waals surface area contributed by atoms with Crippen LogP contribution in [0.3, 0.4) is 0 Å². The predicted molar refractivity (Wildman–Crippen MR) is 91.8 cm³/mol. The van der Waals surface area contributed by atoms with Crippen molar-refractivity contribution in [2.75, 3.05) is 6.61 Å². The molecule has 0 aliphatic heterocycles. The largest absolute Gasteiger partial charge is 0.374 e. The highest BCUT2D eigenvalue weighted by Gasteiger charge is 2.62. The lowest BCUT2D eigenvalue weighted by atomic mass is 9.60. The first-order valence-corrected chi connectivity index (χ1v) is 9.06. The van der Waals surface area contributed by atoms with Crippen molar-refractivity contribution in [2.24, 2.45) is 5.41 Å². The Morgan fingerprint density at radius 3 is 2.35 bits per heavy atom. The van der Waals surface area contributed by atoms with Crippen LogP contribution in [0, 0.1) is 5.41 Å². The fraction of sp³-hybridized carbons (Fsp3) is 0.700. The van der Waals surface area contributed by atoms with E-state index in [0.29, 0.717) is 19.4 Å². The van der Waals surface area contributed by atoms with E-state index >= 15 is 0 Å². The van der Waals surface area contributed by atoms with E-state index in [2.05, 4.69) is 13.5 Å². The van der Waals surface area contributed by atoms with Gasteiger partial charge < -0.3 is 4.74 Å². The van der Waals surface area contributed by atoms with E-state index in [4.69, 9.17) is 4.74 Å². The highest BCUT2D eigenvalue weighted by Crippen LogP contribution is 2.56. The van der Waals surface area contributed by atoms with E-state index in [0.717, 1.165) is 44.6 Å². The Bertz CT molecular complexity index is 447. The molecule has 2 aliphatic rings. The van der Waals surface area contributed by atoms with Gasteiger partial charge in [-0.05, 0) is 25.3 Å². The van der Waals surface area contributed by atoms with Crippen LogP contribution < -0.4 is 0 Å². The number of unbranched alkanes of at least 4 members (excludes halogenated alkanes) is 3. The maximum atomic E-state index is 14.9. The van der Waals surface area contributed by atoms with Crippen molar-refractivity contribution in [3.8, 4) is 0 Å². The molecular formula is C20H30F2O. The quantitative estimate of drug-likeness (QED) is 0.380. The van der Waals surface area contributed by atoms with Gasteiger partial charge in [-0.1, -0.05) is 69.8 Å². The molecule has 3 heteroatoms. The minimum atomic E-state index is -2.95. The third kappa shape index (κ3) is 3.45. The summed E-state index contributed by atoms with van der Waals surface area (Å²) in [7, 11) is 0. The summed E-state index contributed by atoms with van der Waals surface area (Å²) in [5, 5.41) is 0. The lowest BCUT2D eigenvalue weighted by Crippen LogP contribution is -2.58. The van der Waals surface area contributed by atoms with Crippen LogP contribution in [0.15, 0.2) is 37.0 Å². The van der Waals surface area contributed by atoms with Gasteiger partial charge in [0.15, 0.2) is 0 Å². The Labute approximate surface area is 139 Å². The van der Waals surface area contributed by atoms with Crippen LogP contribution in [0.25, 0.3) is 0 Å². The molecule has 0 bridgehead atoms. The van der Waals surface area contributed by atoms with E-state index in [9.17, 15) is 8.78 Å². The number of hydrogen-bond acceptors (Lipinski definition) is 1. The zero-order chi connectivity index (χ0) is 16.8. The standard InChI is InChI=1S/C20H30F2O/c1-3-5-6-12-17-23-19(14-8-7-9-15-19)18(4-2)13-10-11-16-20(18,21)22/h4,10-11,13,16H,2-3,5-9,12,14-15,17H2,1H3. The summed E-state index contributed by atoms with van der Waals surface area (Å²) >= 11 is 0. The maximum absolute atomic E-state index is 14.9. The SMILES string of the molecule is C=CC1(C2(OCCCCCC)CCCCC2)C=CC=CC1(F)F. The molecule has 0 aromatic heterocycles. The molecule has 0 spiro atoms. The van der Waals surface area contributed by atoms with Crippen LogP contribution in [0.1, 0.15) is 64.7 Å². The van der Waals surface area contributed by atoms with Gasteiger partial charge in [-0.15, -0.1) is 6.58 Å². The first kappa shape index (κ1) is 18.4. The number of alkyl halides is 2. The Morgan fingerprint density at radius 2 is 1.74 bits per heavy atom. The molecule has 1 unspecified atom stereocenters. The summed E-state index contributed by atoms with van der Waals surface area (Å²) in [6.45, 7) is 6.51. The van der Waals surface area contributed by atoms with Gasteiger partial charge in [0.1, 0.15) is 5.41 Å². The summed E-state index contributed by atoms with van der Waals surface area (Å²) in [5.41, 5.74) is -2.26. The van der Waals surface area contributed by atoms with E-state index in [1.54, 1.807) is 12.2 Å². The summed E-state index contributed by atoms with van der Waals surface area (Å²) in [6, 6.07) is 0. The fourth-order valence-corrected chi connectivity index (χ4v) is 4.08. The van der Waals surface area contributed by atoms with Crippen LogP contribution in [-0.2, 0) is 4.74 Å². The highest BCUT2D eigenvalue weighted by molar-refractivity contribution is 5.34. The van der Waals surface area contributed by atoms with Gasteiger partial charge in [-0.2, -0.15) is 0 Å². The Kier molecular flexibility index (Phi) is 6.19. The van der Waals surface area contributed by atoms with Crippen molar-refractivity contribution in [3.63, 3.8) is 0 Å². The number of rotatable bonds is 8. The second-order valence-corrected chi connectivity index (χ2v) is 6.88. The second kappa shape index (κ2) is 7.74. The minimum absolute atomic E-state index is 0.559. The highest BCUT2D eigenvalue weighted by atomic mass is 19.3. The van der Waals surface area contributed by atoms with Crippen molar-refractivity contribution in [3.05, 3.63) is 37.0 Å². The third-order valence-electron chi connectivity index (χ3n) is 5.44. The molecule has 2 rings (SSSR count). The molecule has 1 nitrogen and oxygen atoms in total. The summed E-state index contributed by atoms with van der Waals surface area (Å²) in [6.07, 6.45) is 15.9. The fourth-order valence-electron chi connectivity index (χ4n) is 4.08. The van der Waals surface area contributed by atoms with Crippen molar-refractivity contribution in [1.29, 1.82) is 0 Å². The zero-order valence-corrected chi connectivity index (χ0v) is 14.3. The second-order valence-electron chi connectivity index (χ2n) is 6.88. The minimum Gasteiger partial charge on any atom is -0.374 e. The molecule has 0 aromatic rings. The average Bonchev–Trinajstić information content (AvgIpc) is 2.55. The van der Waals surface area contributed by atoms with E-state index in [-0.39, 0.29) is 0 Å². The average molecular weight is 324 g/mol. The van der Waals surface area contributed by atoms with Crippen LogP contribution in [0.4, 0.5) is 8.78 Å². The molecule has 0 aromatic carbocycles. The lowest BCUT2D eigenvalue weighted by Gasteiger charge is -2.52. The molecule has 1 atom stereocenters. The number of ether oxygens (including phenoxy) is 1. The Balaban J connectivity index is 2.23. The van der Waals surface area contributed by atoms with Gasteiger partial charge in [-0.25, -0.2) is 8.78 Å². The predicted octanol–water partition coefficient (Wildman–Crippen LogP) is 6.22. The normalized spacial score (nSPS) is 28.7. The monoisotopic (exact) mass is 324 g/mol. The molecule has 1 saturated carbocycles. The van der Waals surface area contributed by atoms with Crippen molar-refractivity contribution >= 4 is 0 Å². The van der Waals surface area contributed by atoms with E-state index < -0.39 is 16.9 Å². The first-order chi connectivity index (χ1) is 11.0. The van der Waals surface area contributed by atoms with Crippen molar-refractivity contribution in [2.45, 2.75) is 76.2 Å². The van der Waals surface area contributed by atoms with Gasteiger partial charge in [0, 0.05) is 6.61 Å². The van der Waals surface area contributed by atoms with Crippen LogP contribution in [-0.4, -0.2) is 18.1 Å². The summed E-state index contributed by atoms with van der Waals surface area (Å²) < 4.78 is 36.0. The molecule has 23 heavy (non-hydrogen) atoms. The maximum Gasteiger partial charge on any atom is 0.281 e. The van der Waals surface area contributed by atoms with Gasteiger partial charge in [-0.3, -0.25) is 0 Å². The third-order valence-corrected chi connectivity index (χ3v) is 5.44. The molecule has 0 saturated heterocycles. The van der Waals surface area contributed by atoms with Gasteiger partial charge >= 0.3 is 0 Å². The van der Waals surface area contributed by atoms with Gasteiger partial charge in [0.25, 0.3) is 5.92 Å². The van der Waals surface area contributed by atoms with Gasteiger partial charge in [0.2, 0.25) is 0 Å². The molecule has 0 amide bonds. The van der Waals surface area contributed by atoms with E-state index in [1.165, 1.54) is 18.6 Å². The van der Waals surface area contributed by atoms with E-state index in [1.807, 2.05) is 0 Å². The van der Waals surface area contributed by atoms with Crippen LogP contribution in [0.5, 0.6) is 0 Å². The first-order valence-electron chi connectivity index (χ1n) is 9.06. The summed E-state index contributed by atoms with van der Waals surface area (Å²) in [4.78, 5) is 0. The molecular weight excluding hydrogens is 294 g/mol.